The van der Waals surface area contributed by atoms with E-state index < -0.39 is 28.5 Å². The van der Waals surface area contributed by atoms with E-state index in [9.17, 15) is 23.1 Å². The molecule has 0 aromatic heterocycles. The lowest BCUT2D eigenvalue weighted by molar-refractivity contribution is -0.119. The maximum atomic E-state index is 12.8. The summed E-state index contributed by atoms with van der Waals surface area (Å²) < 4.78 is 31.8. The van der Waals surface area contributed by atoms with Gasteiger partial charge in [-0.15, -0.1) is 0 Å². The summed E-state index contributed by atoms with van der Waals surface area (Å²) in [6, 6.07) is 10.1. The number of esters is 1. The topological polar surface area (TPSA) is 113 Å². The standard InChI is InChI=1S/C20H24N2O6S/c1-4-22(5-2)29(26,27)18-12-16(10-9-14(18)3)21-19(24)13-28-20(25)15-7-6-8-17(23)11-15/h6-12,23H,4-5,13H2,1-3H3,(H,21,24). The number of ether oxygens (including phenoxy) is 1. The number of phenolic OH excluding ortho intramolecular Hbond substituents is 1. The highest BCUT2D eigenvalue weighted by Crippen LogP contribution is 2.23. The molecule has 2 N–H and O–H groups in total. The summed E-state index contributed by atoms with van der Waals surface area (Å²) in [6.07, 6.45) is 0. The smallest absolute Gasteiger partial charge is 0.338 e. The molecule has 2 aromatic rings. The van der Waals surface area contributed by atoms with Crippen molar-refractivity contribution in [3.8, 4) is 5.75 Å². The quantitative estimate of drug-likeness (QED) is 0.635. The average molecular weight is 420 g/mol. The highest BCUT2D eigenvalue weighted by atomic mass is 32.2. The van der Waals surface area contributed by atoms with Crippen LogP contribution in [0.5, 0.6) is 5.75 Å². The third kappa shape index (κ3) is 5.55. The molecule has 0 radical (unpaired) electrons. The summed E-state index contributed by atoms with van der Waals surface area (Å²) in [4.78, 5) is 24.1. The zero-order valence-electron chi connectivity index (χ0n) is 16.5. The van der Waals surface area contributed by atoms with Gasteiger partial charge < -0.3 is 15.2 Å². The van der Waals surface area contributed by atoms with Crippen LogP contribution in [0.4, 0.5) is 5.69 Å². The number of amides is 1. The van der Waals surface area contributed by atoms with Crippen molar-refractivity contribution in [1.82, 2.24) is 4.31 Å². The van der Waals surface area contributed by atoms with Gasteiger partial charge in [-0.05, 0) is 42.8 Å². The number of carbonyl (C=O) groups is 2. The number of carbonyl (C=O) groups excluding carboxylic acids is 2. The number of phenols is 1. The van der Waals surface area contributed by atoms with Crippen LogP contribution in [0.25, 0.3) is 0 Å². The fourth-order valence-electron chi connectivity index (χ4n) is 2.70. The first-order chi connectivity index (χ1) is 13.7. The second-order valence-corrected chi connectivity index (χ2v) is 8.15. The van der Waals surface area contributed by atoms with Crippen LogP contribution in [0.1, 0.15) is 29.8 Å². The van der Waals surface area contributed by atoms with Gasteiger partial charge in [-0.25, -0.2) is 13.2 Å². The van der Waals surface area contributed by atoms with E-state index in [0.717, 1.165) is 0 Å². The van der Waals surface area contributed by atoms with Crippen LogP contribution in [0.3, 0.4) is 0 Å². The lowest BCUT2D eigenvalue weighted by Gasteiger charge is -2.20. The molecule has 0 fully saturated rings. The van der Waals surface area contributed by atoms with E-state index in [1.54, 1.807) is 32.9 Å². The highest BCUT2D eigenvalue weighted by molar-refractivity contribution is 7.89. The lowest BCUT2D eigenvalue weighted by atomic mass is 10.2. The Balaban J connectivity index is 2.08. The Kier molecular flexibility index (Phi) is 7.35. The third-order valence-corrected chi connectivity index (χ3v) is 6.40. The zero-order valence-corrected chi connectivity index (χ0v) is 17.3. The van der Waals surface area contributed by atoms with Crippen molar-refractivity contribution < 1.29 is 27.9 Å². The van der Waals surface area contributed by atoms with Gasteiger partial charge in [0.25, 0.3) is 5.91 Å². The van der Waals surface area contributed by atoms with Gasteiger partial charge in [0.15, 0.2) is 6.61 Å². The maximum Gasteiger partial charge on any atom is 0.338 e. The molecule has 29 heavy (non-hydrogen) atoms. The Morgan fingerprint density at radius 2 is 1.79 bits per heavy atom. The fourth-order valence-corrected chi connectivity index (χ4v) is 4.41. The van der Waals surface area contributed by atoms with Crippen molar-refractivity contribution in [3.63, 3.8) is 0 Å². The second kappa shape index (κ2) is 9.53. The molecule has 1 amide bonds. The molecule has 156 valence electrons. The van der Waals surface area contributed by atoms with E-state index in [4.69, 9.17) is 4.74 Å². The molecule has 0 bridgehead atoms. The van der Waals surface area contributed by atoms with Gasteiger partial charge in [-0.1, -0.05) is 26.0 Å². The lowest BCUT2D eigenvalue weighted by Crippen LogP contribution is -2.31. The largest absolute Gasteiger partial charge is 0.508 e. The number of aromatic hydroxyl groups is 1. The van der Waals surface area contributed by atoms with Crippen molar-refractivity contribution in [3.05, 3.63) is 53.6 Å². The number of nitrogens with one attached hydrogen (secondary N) is 1. The van der Waals surface area contributed by atoms with Crippen LogP contribution >= 0.6 is 0 Å². The van der Waals surface area contributed by atoms with Crippen LogP contribution in [-0.2, 0) is 19.6 Å². The first-order valence-corrected chi connectivity index (χ1v) is 10.5. The van der Waals surface area contributed by atoms with Gasteiger partial charge in [0.1, 0.15) is 5.75 Å². The number of aryl methyl sites for hydroxylation is 1. The average Bonchev–Trinajstić information content (AvgIpc) is 2.68. The molecule has 0 aliphatic heterocycles. The molecule has 0 spiro atoms. The van der Waals surface area contributed by atoms with Gasteiger partial charge >= 0.3 is 5.97 Å². The summed E-state index contributed by atoms with van der Waals surface area (Å²) >= 11 is 0. The molecular formula is C20H24N2O6S. The van der Waals surface area contributed by atoms with E-state index in [0.29, 0.717) is 18.7 Å². The van der Waals surface area contributed by atoms with Crippen LogP contribution < -0.4 is 5.32 Å². The normalized spacial score (nSPS) is 11.3. The van der Waals surface area contributed by atoms with Gasteiger partial charge in [0.2, 0.25) is 10.0 Å². The number of hydrogen-bond donors (Lipinski definition) is 2. The molecule has 0 heterocycles. The Morgan fingerprint density at radius 3 is 2.41 bits per heavy atom. The zero-order chi connectivity index (χ0) is 21.6. The minimum atomic E-state index is -3.68. The minimum Gasteiger partial charge on any atom is -0.508 e. The van der Waals surface area contributed by atoms with Crippen LogP contribution in [0.2, 0.25) is 0 Å². The summed E-state index contributed by atoms with van der Waals surface area (Å²) in [6.45, 7) is 5.30. The van der Waals surface area contributed by atoms with Crippen molar-refractivity contribution in [1.29, 1.82) is 0 Å². The Morgan fingerprint density at radius 1 is 1.10 bits per heavy atom. The van der Waals surface area contributed by atoms with Gasteiger partial charge in [-0.3, -0.25) is 4.79 Å². The predicted molar refractivity (Wildman–Crippen MR) is 108 cm³/mol. The van der Waals surface area contributed by atoms with Crippen LogP contribution in [0.15, 0.2) is 47.4 Å². The Hall–Kier alpha value is -2.91. The molecule has 9 heteroatoms. The van der Waals surface area contributed by atoms with E-state index in [1.165, 1.54) is 34.6 Å². The molecule has 2 aromatic carbocycles. The number of benzene rings is 2. The third-order valence-electron chi connectivity index (χ3n) is 4.21. The number of hydrogen-bond acceptors (Lipinski definition) is 6. The van der Waals surface area contributed by atoms with E-state index >= 15 is 0 Å². The van der Waals surface area contributed by atoms with Gasteiger partial charge in [0, 0.05) is 18.8 Å². The summed E-state index contributed by atoms with van der Waals surface area (Å²) in [5, 5.41) is 11.9. The predicted octanol–water partition coefficient (Wildman–Crippen LogP) is 2.53. The van der Waals surface area contributed by atoms with Gasteiger partial charge in [0.05, 0.1) is 10.5 Å². The first-order valence-electron chi connectivity index (χ1n) is 9.05. The number of sulfonamides is 1. The number of nitrogens with zero attached hydrogens (tertiary/aromatic N) is 1. The molecule has 0 unspecified atom stereocenters. The summed E-state index contributed by atoms with van der Waals surface area (Å²) in [5.41, 5.74) is 0.950. The number of anilines is 1. The summed E-state index contributed by atoms with van der Waals surface area (Å²) in [5.74, 6) is -1.47. The minimum absolute atomic E-state index is 0.0921. The van der Waals surface area contributed by atoms with E-state index in [2.05, 4.69) is 5.32 Å². The summed E-state index contributed by atoms with van der Waals surface area (Å²) in [7, 11) is -3.68. The fraction of sp³-hybridized carbons (Fsp3) is 0.300. The SMILES string of the molecule is CCN(CC)S(=O)(=O)c1cc(NC(=O)COC(=O)c2cccc(O)c2)ccc1C. The second-order valence-electron chi connectivity index (χ2n) is 6.24. The molecular weight excluding hydrogens is 396 g/mol. The van der Waals surface area contributed by atoms with Crippen molar-refractivity contribution in [2.24, 2.45) is 0 Å². The van der Waals surface area contributed by atoms with Crippen molar-refractivity contribution >= 4 is 27.6 Å². The molecule has 0 saturated heterocycles. The molecule has 0 aliphatic rings. The monoisotopic (exact) mass is 420 g/mol. The van der Waals surface area contributed by atoms with E-state index in [-0.39, 0.29) is 21.9 Å². The van der Waals surface area contributed by atoms with Crippen LogP contribution in [-0.4, -0.2) is 49.4 Å². The maximum absolute atomic E-state index is 12.8. The Bertz CT molecular complexity index is 1000. The van der Waals surface area contributed by atoms with Crippen molar-refractivity contribution in [2.75, 3.05) is 25.0 Å². The highest BCUT2D eigenvalue weighted by Gasteiger charge is 2.24. The molecule has 2 rings (SSSR count). The first kappa shape index (κ1) is 22.4. The van der Waals surface area contributed by atoms with E-state index in [1.807, 2.05) is 0 Å². The molecule has 0 atom stereocenters. The Labute approximate surface area is 170 Å². The molecule has 0 aliphatic carbocycles. The van der Waals surface area contributed by atoms with Crippen molar-refractivity contribution in [2.45, 2.75) is 25.7 Å². The number of rotatable bonds is 8. The van der Waals surface area contributed by atoms with Gasteiger partial charge in [-0.2, -0.15) is 4.31 Å². The molecule has 8 nitrogen and oxygen atoms in total. The van der Waals surface area contributed by atoms with Crippen LogP contribution in [0, 0.1) is 6.92 Å². The molecule has 0 saturated carbocycles.